The molecule has 3 nitrogen and oxygen atoms in total. The van der Waals surface area contributed by atoms with Crippen molar-refractivity contribution >= 4 is 33.2 Å². The Morgan fingerprint density at radius 3 is 2.00 bits per heavy atom. The van der Waals surface area contributed by atoms with Crippen LogP contribution in [0.1, 0.15) is 18.1 Å². The summed E-state index contributed by atoms with van der Waals surface area (Å²) in [6.45, 7) is 1.32. The summed E-state index contributed by atoms with van der Waals surface area (Å²) in [6, 6.07) is 4.62. The summed E-state index contributed by atoms with van der Waals surface area (Å²) >= 11 is 8.57. The van der Waals surface area contributed by atoms with Crippen molar-refractivity contribution in [3.63, 3.8) is 0 Å². The number of hydrogen-bond donors (Lipinski definition) is 0. The summed E-state index contributed by atoms with van der Waals surface area (Å²) in [7, 11) is 0. The highest BCUT2D eigenvalue weighted by Gasteiger charge is 2.82. The molecule has 0 aromatic heterocycles. The summed E-state index contributed by atoms with van der Waals surface area (Å²) in [5.74, 6) is -6.91. The number of benzene rings is 2. The van der Waals surface area contributed by atoms with Crippen LogP contribution in [0.15, 0.2) is 28.7 Å². The van der Waals surface area contributed by atoms with Gasteiger partial charge in [-0.3, -0.25) is 10.1 Å². The number of alkyl halides is 9. The molecule has 0 N–H and O–H groups in total. The first-order valence-corrected chi connectivity index (χ1v) is 9.46. The second-order valence-corrected chi connectivity index (χ2v) is 7.60. The monoisotopic (exact) mass is 556 g/mol. The van der Waals surface area contributed by atoms with Crippen molar-refractivity contribution in [2.45, 2.75) is 37.3 Å². The van der Waals surface area contributed by atoms with Gasteiger partial charge in [-0.15, -0.1) is 0 Å². The van der Waals surface area contributed by atoms with Crippen molar-refractivity contribution in [3.8, 4) is 11.1 Å². The molecule has 0 spiro atoms. The lowest BCUT2D eigenvalue weighted by Gasteiger charge is -2.37. The summed E-state index contributed by atoms with van der Waals surface area (Å²) in [6.07, 6.45) is -13.9. The normalized spacial score (nSPS) is 14.9. The van der Waals surface area contributed by atoms with E-state index in [0.29, 0.717) is 18.2 Å². The Morgan fingerprint density at radius 2 is 1.59 bits per heavy atom. The molecule has 0 saturated carbocycles. The lowest BCUT2D eigenvalue weighted by molar-refractivity contribution is -0.389. The van der Waals surface area contributed by atoms with Crippen LogP contribution in [0.3, 0.4) is 0 Å². The second kappa shape index (κ2) is 8.40. The molecule has 175 valence electrons. The van der Waals surface area contributed by atoms with E-state index in [1.807, 2.05) is 0 Å². The fourth-order valence-electron chi connectivity index (χ4n) is 2.85. The van der Waals surface area contributed by atoms with Crippen molar-refractivity contribution in [3.05, 3.63) is 61.1 Å². The highest BCUT2D eigenvalue weighted by atomic mass is 79.9. The van der Waals surface area contributed by atoms with E-state index in [-0.39, 0.29) is 18.1 Å². The Bertz CT molecular complexity index is 1060. The predicted molar refractivity (Wildman–Crippen MR) is 99.3 cm³/mol. The molecule has 0 bridgehead atoms. The van der Waals surface area contributed by atoms with E-state index >= 15 is 4.39 Å². The lowest BCUT2D eigenvalue weighted by Crippen LogP contribution is -2.60. The first kappa shape index (κ1) is 26.2. The first-order chi connectivity index (χ1) is 14.4. The van der Waals surface area contributed by atoms with Gasteiger partial charge in [0.2, 0.25) is 0 Å². The molecule has 32 heavy (non-hydrogen) atoms. The van der Waals surface area contributed by atoms with Gasteiger partial charge in [-0.25, -0.2) is 4.39 Å². The van der Waals surface area contributed by atoms with Crippen molar-refractivity contribution in [2.24, 2.45) is 0 Å². The third-order valence-corrected chi connectivity index (χ3v) is 5.35. The number of halogens is 11. The van der Waals surface area contributed by atoms with Crippen LogP contribution in [0.2, 0.25) is 5.02 Å². The molecule has 0 aliphatic rings. The van der Waals surface area contributed by atoms with Gasteiger partial charge in [0.25, 0.3) is 5.69 Å². The zero-order chi connectivity index (χ0) is 24.9. The van der Waals surface area contributed by atoms with Crippen LogP contribution in [-0.2, 0) is 12.1 Å². The van der Waals surface area contributed by atoms with Gasteiger partial charge in [0.1, 0.15) is 0 Å². The number of nitrogens with zero attached hydrogens (tertiary/aromatic N) is 1. The van der Waals surface area contributed by atoms with Crippen LogP contribution in [0.5, 0.6) is 0 Å². The Hall–Kier alpha value is -2.02. The molecule has 2 aromatic carbocycles. The van der Waals surface area contributed by atoms with Gasteiger partial charge in [-0.05, 0) is 34.0 Å². The predicted octanol–water partition coefficient (Wildman–Crippen LogP) is 7.96. The summed E-state index contributed by atoms with van der Waals surface area (Å²) in [5, 5.41) is 10.2. The standard InChI is InChI=1S/C18H9BrClF9NO2/c1-2-8-5-11(15(21,17(24,25)26)16(22,23)18(27,28)29)14(12(19)6-8)10-4-3-9(30(31)32)7-13(10)20/h3-5,7H,2H2,1H3. The molecule has 0 amide bonds. The highest BCUT2D eigenvalue weighted by molar-refractivity contribution is 9.10. The molecule has 0 aliphatic heterocycles. The minimum atomic E-state index is -6.92. The van der Waals surface area contributed by atoms with E-state index in [1.165, 1.54) is 6.92 Å². The molecule has 0 heterocycles. The van der Waals surface area contributed by atoms with Gasteiger partial charge in [0, 0.05) is 39.4 Å². The molecule has 2 rings (SSSR count). The zero-order valence-electron chi connectivity index (χ0n) is 15.4. The van der Waals surface area contributed by atoms with E-state index in [9.17, 15) is 45.2 Å². The van der Waals surface area contributed by atoms with Gasteiger partial charge in [-0.1, -0.05) is 24.6 Å². The number of non-ortho nitro benzene ring substituents is 1. The van der Waals surface area contributed by atoms with Crippen molar-refractivity contribution in [1.82, 2.24) is 0 Å². The molecule has 1 radical (unpaired) electrons. The maximum atomic E-state index is 15.3. The van der Waals surface area contributed by atoms with Gasteiger partial charge < -0.3 is 0 Å². The quantitative estimate of drug-likeness (QED) is 0.213. The molecule has 1 unspecified atom stereocenters. The molecular formula is C18H9BrClF9NO2. The molecule has 0 fully saturated rings. The second-order valence-electron chi connectivity index (χ2n) is 6.40. The van der Waals surface area contributed by atoms with E-state index in [0.717, 1.165) is 0 Å². The van der Waals surface area contributed by atoms with E-state index < -0.39 is 60.7 Å². The molecule has 0 aliphatic carbocycles. The largest absolute Gasteiger partial charge is 0.457 e. The van der Waals surface area contributed by atoms with Crippen molar-refractivity contribution in [2.75, 3.05) is 0 Å². The van der Waals surface area contributed by atoms with Gasteiger partial charge in [0.15, 0.2) is 0 Å². The van der Waals surface area contributed by atoms with Crippen molar-refractivity contribution < 1.29 is 44.4 Å². The zero-order valence-corrected chi connectivity index (χ0v) is 17.8. The maximum Gasteiger partial charge on any atom is 0.457 e. The van der Waals surface area contributed by atoms with Crippen LogP contribution in [0.25, 0.3) is 11.1 Å². The molecule has 2 aromatic rings. The number of rotatable bonds is 5. The summed E-state index contributed by atoms with van der Waals surface area (Å²) in [4.78, 5) is 9.91. The number of aryl methyl sites for hydroxylation is 1. The van der Waals surface area contributed by atoms with E-state index in [1.54, 1.807) is 0 Å². The Balaban J connectivity index is 3.06. The SMILES string of the molecule is CCc1[c]c(Br)c(-c2ccc([N+](=O)[O-])cc2Cl)c(C(F)(C(F)(F)F)C(F)(F)C(F)(F)F)c1. The minimum Gasteiger partial charge on any atom is -0.258 e. The van der Waals surface area contributed by atoms with Crippen LogP contribution in [-0.4, -0.2) is 23.2 Å². The average molecular weight is 558 g/mol. The lowest BCUT2D eigenvalue weighted by atomic mass is 9.81. The maximum absolute atomic E-state index is 15.3. The summed E-state index contributed by atoms with van der Waals surface area (Å²) in [5.41, 5.74) is -11.1. The Labute approximate surface area is 187 Å². The minimum absolute atomic E-state index is 0.185. The number of nitro groups is 1. The fraction of sp³-hybridized carbons (Fsp3) is 0.333. The topological polar surface area (TPSA) is 43.1 Å². The molecule has 14 heteroatoms. The van der Waals surface area contributed by atoms with Crippen LogP contribution >= 0.6 is 27.5 Å². The number of hydrogen-bond acceptors (Lipinski definition) is 2. The smallest absolute Gasteiger partial charge is 0.258 e. The molecule has 1 atom stereocenters. The number of nitro benzene ring substituents is 1. The van der Waals surface area contributed by atoms with Crippen molar-refractivity contribution in [1.29, 1.82) is 0 Å². The Kier molecular flexibility index (Phi) is 6.88. The van der Waals surface area contributed by atoms with E-state index in [2.05, 4.69) is 22.0 Å². The third kappa shape index (κ3) is 4.16. The first-order valence-electron chi connectivity index (χ1n) is 8.29. The van der Waals surface area contributed by atoms with Gasteiger partial charge >= 0.3 is 23.9 Å². The van der Waals surface area contributed by atoms with Crippen LogP contribution < -0.4 is 0 Å². The molecule has 0 saturated heterocycles. The summed E-state index contributed by atoms with van der Waals surface area (Å²) < 4.78 is 123. The highest BCUT2D eigenvalue weighted by Crippen LogP contribution is 2.60. The average Bonchev–Trinajstić information content (AvgIpc) is 2.65. The Morgan fingerprint density at radius 1 is 1.03 bits per heavy atom. The van der Waals surface area contributed by atoms with Crippen LogP contribution in [0.4, 0.5) is 45.2 Å². The van der Waals surface area contributed by atoms with Crippen LogP contribution in [0, 0.1) is 16.2 Å². The van der Waals surface area contributed by atoms with Gasteiger partial charge in [0.05, 0.1) is 9.95 Å². The fourth-order valence-corrected chi connectivity index (χ4v) is 3.80. The van der Waals surface area contributed by atoms with E-state index in [4.69, 9.17) is 11.6 Å². The third-order valence-electron chi connectivity index (χ3n) is 4.44. The molecular weight excluding hydrogens is 549 g/mol. The van der Waals surface area contributed by atoms with Gasteiger partial charge in [-0.2, -0.15) is 35.1 Å².